The van der Waals surface area contributed by atoms with Gasteiger partial charge in [-0.2, -0.15) is 0 Å². The van der Waals surface area contributed by atoms with Gasteiger partial charge in [0, 0.05) is 28.6 Å². The van der Waals surface area contributed by atoms with E-state index in [4.69, 9.17) is 0 Å². The lowest BCUT2D eigenvalue weighted by Crippen LogP contribution is -2.20. The summed E-state index contributed by atoms with van der Waals surface area (Å²) in [6, 6.07) is 4.12. The fraction of sp³-hybridized carbons (Fsp3) is 0.500. The molecule has 1 fully saturated rings. The van der Waals surface area contributed by atoms with Crippen LogP contribution >= 0.6 is 31.9 Å². The van der Waals surface area contributed by atoms with Gasteiger partial charge in [0.25, 0.3) is 0 Å². The average Bonchev–Trinajstić information content (AvgIpc) is 2.56. The minimum absolute atomic E-state index is 0.665. The first-order valence-corrected chi connectivity index (χ1v) is 6.42. The van der Waals surface area contributed by atoms with Crippen LogP contribution in [0.2, 0.25) is 0 Å². The number of alkyl halides is 1. The van der Waals surface area contributed by atoms with Gasteiger partial charge in [0.1, 0.15) is 0 Å². The summed E-state index contributed by atoms with van der Waals surface area (Å²) in [6.45, 7) is 3.28. The number of halogens is 2. The van der Waals surface area contributed by atoms with E-state index in [1.54, 1.807) is 0 Å². The molecule has 14 heavy (non-hydrogen) atoms. The van der Waals surface area contributed by atoms with Crippen LogP contribution < -0.4 is 0 Å². The third-order valence-electron chi connectivity index (χ3n) is 2.39. The van der Waals surface area contributed by atoms with Gasteiger partial charge in [0.2, 0.25) is 0 Å². The zero-order valence-corrected chi connectivity index (χ0v) is 11.0. The van der Waals surface area contributed by atoms with E-state index < -0.39 is 0 Å². The van der Waals surface area contributed by atoms with Crippen molar-refractivity contribution in [2.45, 2.75) is 17.8 Å². The Balaban J connectivity index is 1.94. The molecular formula is C10H12Br2N2. The maximum Gasteiger partial charge on any atom is 0.0544 e. The summed E-state index contributed by atoms with van der Waals surface area (Å²) in [5.74, 6) is 0. The molecule has 1 atom stereocenters. The number of rotatable bonds is 2. The van der Waals surface area contributed by atoms with Crippen molar-refractivity contribution in [1.82, 2.24) is 9.88 Å². The molecule has 0 aliphatic carbocycles. The number of nitrogens with zero attached hydrogens (tertiary/aromatic N) is 2. The molecule has 0 spiro atoms. The quantitative estimate of drug-likeness (QED) is 0.779. The van der Waals surface area contributed by atoms with E-state index in [-0.39, 0.29) is 0 Å². The second-order valence-electron chi connectivity index (χ2n) is 3.59. The highest BCUT2D eigenvalue weighted by molar-refractivity contribution is 9.10. The maximum atomic E-state index is 4.36. The number of pyridine rings is 1. The van der Waals surface area contributed by atoms with Crippen molar-refractivity contribution in [3.8, 4) is 0 Å². The molecule has 2 heterocycles. The van der Waals surface area contributed by atoms with Crippen LogP contribution in [0.5, 0.6) is 0 Å². The maximum absolute atomic E-state index is 4.36. The predicted molar refractivity (Wildman–Crippen MR) is 64.5 cm³/mol. The van der Waals surface area contributed by atoms with Crippen molar-refractivity contribution < 1.29 is 0 Å². The third-order valence-corrected chi connectivity index (χ3v) is 3.61. The Bertz CT molecular complexity index is 299. The van der Waals surface area contributed by atoms with Crippen LogP contribution in [0.4, 0.5) is 0 Å². The molecule has 1 aliphatic heterocycles. The smallest absolute Gasteiger partial charge is 0.0544 e. The van der Waals surface area contributed by atoms with Crippen molar-refractivity contribution in [3.63, 3.8) is 0 Å². The third kappa shape index (κ3) is 2.78. The van der Waals surface area contributed by atoms with Crippen LogP contribution in [0.15, 0.2) is 22.8 Å². The van der Waals surface area contributed by atoms with E-state index in [9.17, 15) is 0 Å². The minimum atomic E-state index is 0.665. The summed E-state index contributed by atoms with van der Waals surface area (Å²) < 4.78 is 1.04. The van der Waals surface area contributed by atoms with E-state index in [0.717, 1.165) is 23.3 Å². The van der Waals surface area contributed by atoms with Gasteiger partial charge in [0.05, 0.1) is 5.69 Å². The molecule has 0 bridgehead atoms. The van der Waals surface area contributed by atoms with Gasteiger partial charge in [-0.05, 0) is 41.0 Å². The SMILES string of the molecule is Brc1ccc(CN2CCC(Br)C2)nc1. The summed E-state index contributed by atoms with van der Waals surface area (Å²) in [7, 11) is 0. The van der Waals surface area contributed by atoms with Crippen LogP contribution in [-0.2, 0) is 6.54 Å². The van der Waals surface area contributed by atoms with Crippen LogP contribution in [0.25, 0.3) is 0 Å². The van der Waals surface area contributed by atoms with E-state index in [0.29, 0.717) is 4.83 Å². The normalized spacial score (nSPS) is 22.9. The van der Waals surface area contributed by atoms with Crippen molar-refractivity contribution in [2.75, 3.05) is 13.1 Å². The summed E-state index contributed by atoms with van der Waals surface area (Å²) >= 11 is 7.02. The molecular weight excluding hydrogens is 308 g/mol. The average molecular weight is 320 g/mol. The van der Waals surface area contributed by atoms with Crippen LogP contribution in [0.3, 0.4) is 0 Å². The molecule has 0 radical (unpaired) electrons. The molecule has 4 heteroatoms. The summed E-state index contributed by atoms with van der Waals surface area (Å²) in [5, 5.41) is 0. The Labute approximate surface area is 101 Å². The first-order valence-electron chi connectivity index (χ1n) is 4.71. The molecule has 1 aromatic rings. The first-order chi connectivity index (χ1) is 6.74. The van der Waals surface area contributed by atoms with Gasteiger partial charge in [-0.1, -0.05) is 15.9 Å². The van der Waals surface area contributed by atoms with Crippen molar-refractivity contribution in [3.05, 3.63) is 28.5 Å². The Morgan fingerprint density at radius 2 is 2.36 bits per heavy atom. The molecule has 1 unspecified atom stereocenters. The molecule has 76 valence electrons. The fourth-order valence-electron chi connectivity index (χ4n) is 1.66. The highest BCUT2D eigenvalue weighted by Crippen LogP contribution is 2.18. The summed E-state index contributed by atoms with van der Waals surface area (Å²) in [6.07, 6.45) is 3.10. The molecule has 1 aromatic heterocycles. The Kier molecular flexibility index (Phi) is 3.57. The minimum Gasteiger partial charge on any atom is -0.296 e. The zero-order valence-electron chi connectivity index (χ0n) is 7.79. The molecule has 2 nitrogen and oxygen atoms in total. The molecule has 0 N–H and O–H groups in total. The lowest BCUT2D eigenvalue weighted by Gasteiger charge is -2.13. The second kappa shape index (κ2) is 4.73. The summed E-state index contributed by atoms with van der Waals surface area (Å²) in [4.78, 5) is 7.45. The van der Waals surface area contributed by atoms with Gasteiger partial charge >= 0.3 is 0 Å². The zero-order chi connectivity index (χ0) is 9.97. The van der Waals surface area contributed by atoms with E-state index >= 15 is 0 Å². The number of hydrogen-bond donors (Lipinski definition) is 0. The second-order valence-corrected chi connectivity index (χ2v) is 5.80. The Morgan fingerprint density at radius 1 is 1.50 bits per heavy atom. The lowest BCUT2D eigenvalue weighted by molar-refractivity contribution is 0.328. The molecule has 0 aromatic carbocycles. The molecule has 1 saturated heterocycles. The van der Waals surface area contributed by atoms with Crippen LogP contribution in [0.1, 0.15) is 12.1 Å². The number of likely N-dealkylation sites (tertiary alicyclic amines) is 1. The van der Waals surface area contributed by atoms with Crippen LogP contribution in [-0.4, -0.2) is 27.8 Å². The predicted octanol–water partition coefficient (Wildman–Crippen LogP) is 2.81. The largest absolute Gasteiger partial charge is 0.296 e. The highest BCUT2D eigenvalue weighted by Gasteiger charge is 2.19. The van der Waals surface area contributed by atoms with Gasteiger partial charge in [-0.25, -0.2) is 0 Å². The fourth-order valence-corrected chi connectivity index (χ4v) is 2.51. The van der Waals surface area contributed by atoms with Gasteiger partial charge < -0.3 is 0 Å². The lowest BCUT2D eigenvalue weighted by atomic mass is 10.3. The van der Waals surface area contributed by atoms with Crippen LogP contribution in [0, 0.1) is 0 Å². The standard InChI is InChI=1S/C10H12Br2N2/c11-8-1-2-10(13-5-8)7-14-4-3-9(12)6-14/h1-2,5,9H,3-4,6-7H2. The van der Waals surface area contributed by atoms with E-state index in [1.807, 2.05) is 12.3 Å². The van der Waals surface area contributed by atoms with Gasteiger partial charge in [-0.3, -0.25) is 9.88 Å². The molecule has 1 aliphatic rings. The monoisotopic (exact) mass is 318 g/mol. The Morgan fingerprint density at radius 3 is 2.93 bits per heavy atom. The Hall–Kier alpha value is 0.0700. The van der Waals surface area contributed by atoms with Crippen molar-refractivity contribution in [1.29, 1.82) is 0 Å². The van der Waals surface area contributed by atoms with E-state index in [1.165, 1.54) is 13.0 Å². The van der Waals surface area contributed by atoms with Gasteiger partial charge in [-0.15, -0.1) is 0 Å². The summed E-state index contributed by atoms with van der Waals surface area (Å²) in [5.41, 5.74) is 1.15. The number of hydrogen-bond acceptors (Lipinski definition) is 2. The van der Waals surface area contributed by atoms with Crippen molar-refractivity contribution in [2.24, 2.45) is 0 Å². The topological polar surface area (TPSA) is 16.1 Å². The van der Waals surface area contributed by atoms with Crippen molar-refractivity contribution >= 4 is 31.9 Å². The molecule has 2 rings (SSSR count). The number of aromatic nitrogens is 1. The van der Waals surface area contributed by atoms with E-state index in [2.05, 4.69) is 47.8 Å². The first kappa shape index (κ1) is 10.6. The highest BCUT2D eigenvalue weighted by atomic mass is 79.9. The molecule has 0 saturated carbocycles. The van der Waals surface area contributed by atoms with Gasteiger partial charge in [0.15, 0.2) is 0 Å². The molecule has 0 amide bonds.